The van der Waals surface area contributed by atoms with E-state index >= 15 is 0 Å². The largest absolute Gasteiger partial charge is 0.397 e. The van der Waals surface area contributed by atoms with Gasteiger partial charge in [-0.1, -0.05) is 49.7 Å². The highest BCUT2D eigenvalue weighted by molar-refractivity contribution is 7.21. The summed E-state index contributed by atoms with van der Waals surface area (Å²) in [5.74, 6) is 0.426. The van der Waals surface area contributed by atoms with Crippen LogP contribution in [-0.4, -0.2) is 41.7 Å². The number of anilines is 2. The number of primary amides is 1. The van der Waals surface area contributed by atoms with Crippen LogP contribution in [0, 0.1) is 0 Å². The van der Waals surface area contributed by atoms with Crippen LogP contribution in [-0.2, 0) is 6.42 Å². The fraction of sp³-hybridized carbons (Fsp3) is 0.357. The fourth-order valence-corrected chi connectivity index (χ4v) is 6.11. The third-order valence-corrected chi connectivity index (χ3v) is 8.20. The number of benzene rings is 2. The Morgan fingerprint density at radius 3 is 2.67 bits per heavy atom. The zero-order valence-corrected chi connectivity index (χ0v) is 21.4. The van der Waals surface area contributed by atoms with Crippen molar-refractivity contribution in [3.8, 4) is 0 Å². The number of piperidine rings is 1. The van der Waals surface area contributed by atoms with E-state index in [1.54, 1.807) is 0 Å². The first-order valence-corrected chi connectivity index (χ1v) is 13.4. The van der Waals surface area contributed by atoms with E-state index in [1.165, 1.54) is 16.7 Å². The molecule has 1 saturated heterocycles. The van der Waals surface area contributed by atoms with Gasteiger partial charge < -0.3 is 26.8 Å². The lowest BCUT2D eigenvalue weighted by Gasteiger charge is -2.34. The van der Waals surface area contributed by atoms with Gasteiger partial charge in [-0.25, -0.2) is 4.98 Å². The molecule has 8 heteroatoms. The van der Waals surface area contributed by atoms with Gasteiger partial charge in [0.15, 0.2) is 0 Å². The van der Waals surface area contributed by atoms with E-state index in [1.807, 2.05) is 18.2 Å². The van der Waals surface area contributed by atoms with E-state index in [-0.39, 0.29) is 0 Å². The summed E-state index contributed by atoms with van der Waals surface area (Å²) < 4.78 is 0. The number of amides is 1. The molecule has 1 unspecified atom stereocenters. The van der Waals surface area contributed by atoms with Gasteiger partial charge in [-0.15, -0.1) is 11.3 Å². The van der Waals surface area contributed by atoms with Crippen molar-refractivity contribution in [3.63, 3.8) is 0 Å². The van der Waals surface area contributed by atoms with Crippen LogP contribution in [0.3, 0.4) is 0 Å². The van der Waals surface area contributed by atoms with E-state index in [0.717, 1.165) is 71.3 Å². The lowest BCUT2D eigenvalue weighted by atomic mass is 10.0. The number of fused-ring (bicyclic) bond motifs is 2. The van der Waals surface area contributed by atoms with Gasteiger partial charge in [0, 0.05) is 31.1 Å². The Labute approximate surface area is 215 Å². The number of hydrogen-bond donors (Lipinski definition) is 4. The van der Waals surface area contributed by atoms with Gasteiger partial charge in [0.25, 0.3) is 5.91 Å². The molecule has 1 aliphatic rings. The molecule has 0 saturated carbocycles. The second kappa shape index (κ2) is 10.4. The fourth-order valence-electron chi connectivity index (χ4n) is 5.12. The summed E-state index contributed by atoms with van der Waals surface area (Å²) >= 11 is 1.28. The van der Waals surface area contributed by atoms with Crippen LogP contribution in [0.1, 0.15) is 53.1 Å². The van der Waals surface area contributed by atoms with Crippen molar-refractivity contribution < 1.29 is 9.90 Å². The zero-order chi connectivity index (χ0) is 25.2. The molecule has 7 nitrogen and oxygen atoms in total. The Balaban J connectivity index is 1.23. The number of aromatic nitrogens is 1. The van der Waals surface area contributed by atoms with Gasteiger partial charge in [-0.05, 0) is 53.3 Å². The van der Waals surface area contributed by atoms with Crippen molar-refractivity contribution in [3.05, 3.63) is 64.5 Å². The van der Waals surface area contributed by atoms with Crippen LogP contribution in [0.15, 0.2) is 48.5 Å². The summed E-state index contributed by atoms with van der Waals surface area (Å²) in [7, 11) is 0. The minimum Gasteiger partial charge on any atom is -0.397 e. The van der Waals surface area contributed by atoms with Crippen molar-refractivity contribution >= 4 is 49.7 Å². The number of aliphatic hydroxyl groups excluding tert-OH is 1. The number of rotatable bonds is 8. The molecular weight excluding hydrogens is 470 g/mol. The number of aliphatic hydroxyl groups is 1. The molecule has 0 radical (unpaired) electrons. The topological polar surface area (TPSA) is 117 Å². The Morgan fingerprint density at radius 2 is 1.94 bits per heavy atom. The van der Waals surface area contributed by atoms with E-state index in [2.05, 4.69) is 47.5 Å². The van der Waals surface area contributed by atoms with Gasteiger partial charge in [-0.2, -0.15) is 0 Å². The van der Waals surface area contributed by atoms with Crippen LogP contribution in [0.4, 0.5) is 11.5 Å². The summed E-state index contributed by atoms with van der Waals surface area (Å²) in [6.07, 6.45) is 3.23. The van der Waals surface area contributed by atoms with Gasteiger partial charge in [0.1, 0.15) is 15.5 Å². The third-order valence-electron chi connectivity index (χ3n) is 7.09. The molecule has 3 heterocycles. The molecule has 2 aromatic heterocycles. The summed E-state index contributed by atoms with van der Waals surface area (Å²) in [6.45, 7) is 4.40. The molecule has 188 valence electrons. The van der Waals surface area contributed by atoms with E-state index in [0.29, 0.717) is 23.2 Å². The molecule has 1 fully saturated rings. The standard InChI is InChI=1S/C28H33N5O2S/c1-2-5-20-15-23(32-28-24(20)25(29)26(36-28)27(30)35)33-12-10-21(11-13-33)31-16-22(34)19-9-8-17-6-3-4-7-18(17)14-19/h3-4,6-9,14-15,21-22,31,34H,2,5,10-13,16,29H2,1H3,(H2,30,35). The summed E-state index contributed by atoms with van der Waals surface area (Å²) in [4.78, 5) is 20.2. The first-order valence-electron chi connectivity index (χ1n) is 12.6. The van der Waals surface area contributed by atoms with Gasteiger partial charge in [0.05, 0.1) is 11.8 Å². The van der Waals surface area contributed by atoms with E-state index < -0.39 is 12.0 Å². The summed E-state index contributed by atoms with van der Waals surface area (Å²) in [5, 5.41) is 17.5. The number of nitrogens with two attached hydrogens (primary N) is 2. The van der Waals surface area contributed by atoms with Crippen molar-refractivity contribution in [1.82, 2.24) is 10.3 Å². The second-order valence-corrected chi connectivity index (χ2v) is 10.6. The maximum Gasteiger partial charge on any atom is 0.260 e. The SMILES string of the molecule is CCCc1cc(N2CCC(NCC(O)c3ccc4ccccc4c3)CC2)nc2sc(C(N)=O)c(N)c12. The van der Waals surface area contributed by atoms with Crippen LogP contribution in [0.2, 0.25) is 0 Å². The Bertz CT molecular complexity index is 1390. The highest BCUT2D eigenvalue weighted by Gasteiger charge is 2.24. The Hall–Kier alpha value is -3.20. The van der Waals surface area contributed by atoms with Crippen LogP contribution >= 0.6 is 11.3 Å². The predicted octanol–water partition coefficient (Wildman–Crippen LogP) is 4.38. The molecule has 1 amide bonds. The molecule has 2 aromatic carbocycles. The number of aryl methyl sites for hydroxylation is 1. The quantitative estimate of drug-likeness (QED) is 0.284. The molecule has 36 heavy (non-hydrogen) atoms. The minimum atomic E-state index is -0.544. The molecule has 1 atom stereocenters. The number of nitrogens with zero attached hydrogens (tertiary/aromatic N) is 2. The predicted molar refractivity (Wildman–Crippen MR) is 149 cm³/mol. The van der Waals surface area contributed by atoms with E-state index in [4.69, 9.17) is 16.5 Å². The highest BCUT2D eigenvalue weighted by Crippen LogP contribution is 2.37. The molecule has 5 rings (SSSR count). The maximum atomic E-state index is 11.8. The molecule has 1 aliphatic heterocycles. The van der Waals surface area contributed by atoms with E-state index in [9.17, 15) is 9.90 Å². The lowest BCUT2D eigenvalue weighted by molar-refractivity contribution is 0.100. The Kier molecular flexibility index (Phi) is 7.09. The van der Waals surface area contributed by atoms with Gasteiger partial charge >= 0.3 is 0 Å². The monoisotopic (exact) mass is 503 g/mol. The number of carbonyl (C=O) groups excluding carboxylic acids is 1. The van der Waals surface area contributed by atoms with Crippen molar-refractivity contribution in [2.45, 2.75) is 44.8 Å². The first-order chi connectivity index (χ1) is 17.4. The smallest absolute Gasteiger partial charge is 0.260 e. The van der Waals surface area contributed by atoms with Crippen molar-refractivity contribution in [1.29, 1.82) is 0 Å². The normalized spacial score (nSPS) is 15.6. The van der Waals surface area contributed by atoms with Crippen LogP contribution in [0.5, 0.6) is 0 Å². The number of pyridine rings is 1. The number of carbonyl (C=O) groups is 1. The molecule has 4 aromatic rings. The van der Waals surface area contributed by atoms with Crippen LogP contribution in [0.25, 0.3) is 21.0 Å². The zero-order valence-electron chi connectivity index (χ0n) is 20.5. The highest BCUT2D eigenvalue weighted by atomic mass is 32.1. The molecule has 0 bridgehead atoms. The second-order valence-electron chi connectivity index (χ2n) is 9.57. The Morgan fingerprint density at radius 1 is 1.19 bits per heavy atom. The van der Waals surface area contributed by atoms with Crippen LogP contribution < -0.4 is 21.7 Å². The average molecular weight is 504 g/mol. The lowest BCUT2D eigenvalue weighted by Crippen LogP contribution is -2.44. The van der Waals surface area contributed by atoms with Gasteiger partial charge in [0.2, 0.25) is 0 Å². The van der Waals surface area contributed by atoms with Crippen molar-refractivity contribution in [2.24, 2.45) is 5.73 Å². The maximum absolute atomic E-state index is 11.8. The first kappa shape index (κ1) is 24.5. The third kappa shape index (κ3) is 4.89. The molecule has 0 spiro atoms. The number of nitrogen functional groups attached to an aromatic ring is 1. The number of thiophene rings is 1. The number of hydrogen-bond acceptors (Lipinski definition) is 7. The number of nitrogens with one attached hydrogen (secondary N) is 1. The van der Waals surface area contributed by atoms with Gasteiger partial charge in [-0.3, -0.25) is 4.79 Å². The van der Waals surface area contributed by atoms with Crippen molar-refractivity contribution in [2.75, 3.05) is 30.3 Å². The summed E-state index contributed by atoms with van der Waals surface area (Å²) in [5.41, 5.74) is 14.3. The molecule has 6 N–H and O–H groups in total. The minimum absolute atomic E-state index is 0.342. The molecular formula is C28H33N5O2S. The summed E-state index contributed by atoms with van der Waals surface area (Å²) in [6, 6.07) is 16.8. The average Bonchev–Trinajstić information content (AvgIpc) is 3.24. The molecule has 0 aliphatic carbocycles.